The highest BCUT2D eigenvalue weighted by atomic mass is 35.5. The summed E-state index contributed by atoms with van der Waals surface area (Å²) >= 11 is 5.87. The Hall–Kier alpha value is -3.63. The number of alkyl halides is 2. The summed E-state index contributed by atoms with van der Waals surface area (Å²) in [5, 5.41) is 14.6. The number of ether oxygens (including phenoxy) is 1. The van der Waals surface area contributed by atoms with Crippen LogP contribution in [0.15, 0.2) is 54.7 Å². The van der Waals surface area contributed by atoms with E-state index in [9.17, 15) is 23.5 Å². The molecule has 40 heavy (non-hydrogen) atoms. The quantitative estimate of drug-likeness (QED) is 0.395. The summed E-state index contributed by atoms with van der Waals surface area (Å²) in [6.45, 7) is 0.290. The van der Waals surface area contributed by atoms with Gasteiger partial charge < -0.3 is 20.1 Å². The van der Waals surface area contributed by atoms with E-state index in [0.29, 0.717) is 31.4 Å². The second-order valence-corrected chi connectivity index (χ2v) is 10.5. The van der Waals surface area contributed by atoms with Gasteiger partial charge in [0.2, 0.25) is 0 Å². The number of hydrogen-bond donors (Lipinski definition) is 2. The minimum Gasteiger partial charge on any atom is -0.494 e. The molecule has 2 aliphatic rings. The zero-order valence-electron chi connectivity index (χ0n) is 21.5. The third kappa shape index (κ3) is 4.90. The zero-order chi connectivity index (χ0) is 28.6. The zero-order valence-corrected chi connectivity index (χ0v) is 22.3. The number of pyridine rings is 1. The summed E-state index contributed by atoms with van der Waals surface area (Å²) in [7, 11) is 1.31. The van der Waals surface area contributed by atoms with Crippen LogP contribution in [0.5, 0.6) is 5.75 Å². The van der Waals surface area contributed by atoms with Crippen molar-refractivity contribution in [2.24, 2.45) is 5.92 Å². The molecule has 11 heteroatoms. The monoisotopic (exact) mass is 573 g/mol. The fraction of sp³-hybridized carbons (Fsp3) is 0.345. The van der Waals surface area contributed by atoms with Crippen molar-refractivity contribution in [1.29, 1.82) is 0 Å². The minimum atomic E-state index is -2.92. The maximum atomic E-state index is 15.2. The molecule has 1 atom stereocenters. The van der Waals surface area contributed by atoms with Crippen LogP contribution in [0.25, 0.3) is 0 Å². The van der Waals surface area contributed by atoms with Crippen LogP contribution in [0.1, 0.15) is 59.3 Å². The van der Waals surface area contributed by atoms with Gasteiger partial charge in [-0.1, -0.05) is 41.9 Å². The van der Waals surface area contributed by atoms with Crippen LogP contribution in [-0.2, 0) is 10.4 Å². The van der Waals surface area contributed by atoms with Crippen molar-refractivity contribution < 1.29 is 32.6 Å². The first-order chi connectivity index (χ1) is 19.1. The van der Waals surface area contributed by atoms with Gasteiger partial charge in [-0.25, -0.2) is 13.2 Å². The molecule has 5 rings (SSSR count). The molecule has 1 aromatic heterocycles. The van der Waals surface area contributed by atoms with E-state index in [4.69, 9.17) is 16.3 Å². The number of nitrogens with zero attached hydrogens (tertiary/aromatic N) is 2. The Morgan fingerprint density at radius 2 is 1.88 bits per heavy atom. The molecule has 3 aromatic rings. The van der Waals surface area contributed by atoms with Gasteiger partial charge in [0.25, 0.3) is 18.2 Å². The molecule has 2 N–H and O–H groups in total. The summed E-state index contributed by atoms with van der Waals surface area (Å²) < 4.78 is 47.0. The summed E-state index contributed by atoms with van der Waals surface area (Å²) in [4.78, 5) is 31.6. The number of carbonyl (C=O) groups is 2. The summed E-state index contributed by atoms with van der Waals surface area (Å²) in [6, 6.07) is 12.0. The summed E-state index contributed by atoms with van der Waals surface area (Å²) in [6.07, 6.45) is 0.557. The van der Waals surface area contributed by atoms with Gasteiger partial charge in [-0.2, -0.15) is 0 Å². The molecule has 0 saturated heterocycles. The second-order valence-electron chi connectivity index (χ2n) is 10.0. The van der Waals surface area contributed by atoms with E-state index in [1.807, 2.05) is 0 Å². The lowest BCUT2D eigenvalue weighted by Gasteiger charge is -2.32. The molecule has 2 amide bonds. The fourth-order valence-electron chi connectivity index (χ4n) is 5.64. The van der Waals surface area contributed by atoms with Crippen LogP contribution in [0, 0.1) is 11.7 Å². The number of hydrogen-bond acceptors (Lipinski definition) is 5. The minimum absolute atomic E-state index is 0.0344. The standard InChI is InChI=1S/C29H27ClF3N3O4/c1-40-23-8-4-6-21(24(23)31)29(39)20-5-2-3-7-22(20)36(28(29)38)15-16-9-11-18(12-10-16)35-27(37)19-13-17(30)14-34-25(19)26(32)33/h2-8,13-14,16,18,26,39H,9-12,15H2,1H3,(H,35,37). The lowest BCUT2D eigenvalue weighted by atomic mass is 9.85. The van der Waals surface area contributed by atoms with Crippen LogP contribution in [0.4, 0.5) is 18.9 Å². The number of aromatic nitrogens is 1. The molecule has 210 valence electrons. The van der Waals surface area contributed by atoms with Crippen molar-refractivity contribution >= 4 is 29.1 Å². The lowest BCUT2D eigenvalue weighted by Crippen LogP contribution is -2.45. The topological polar surface area (TPSA) is 91.8 Å². The lowest BCUT2D eigenvalue weighted by molar-refractivity contribution is -0.132. The fourth-order valence-corrected chi connectivity index (χ4v) is 5.80. The molecule has 2 aromatic carbocycles. The number of methoxy groups -OCH3 is 1. The van der Waals surface area contributed by atoms with E-state index >= 15 is 4.39 Å². The Morgan fingerprint density at radius 3 is 2.58 bits per heavy atom. The molecule has 1 aliphatic heterocycles. The summed E-state index contributed by atoms with van der Waals surface area (Å²) in [5.41, 5.74) is -2.49. The molecule has 1 saturated carbocycles. The maximum Gasteiger partial charge on any atom is 0.281 e. The predicted molar refractivity (Wildman–Crippen MR) is 142 cm³/mol. The average Bonchev–Trinajstić information content (AvgIpc) is 3.16. The van der Waals surface area contributed by atoms with Gasteiger partial charge in [-0.3, -0.25) is 14.6 Å². The number of carbonyl (C=O) groups excluding carboxylic acids is 2. The number of aliphatic hydroxyl groups is 1. The van der Waals surface area contributed by atoms with Gasteiger partial charge in [-0.05, 0) is 49.8 Å². The molecule has 0 radical (unpaired) electrons. The SMILES string of the molecule is COc1cccc(C2(O)C(=O)N(CC3CCC(NC(=O)c4cc(Cl)cnc4C(F)F)CC3)c3ccccc32)c1F. The van der Waals surface area contributed by atoms with Crippen molar-refractivity contribution in [3.05, 3.63) is 88.0 Å². The molecular formula is C29H27ClF3N3O4. The smallest absolute Gasteiger partial charge is 0.281 e. The number of rotatable bonds is 7. The first-order valence-corrected chi connectivity index (χ1v) is 13.2. The maximum absolute atomic E-state index is 15.2. The van der Waals surface area contributed by atoms with E-state index < -0.39 is 35.4 Å². The molecule has 1 unspecified atom stereocenters. The number of anilines is 1. The van der Waals surface area contributed by atoms with Crippen LogP contribution < -0.4 is 15.0 Å². The molecule has 1 aliphatic carbocycles. The van der Waals surface area contributed by atoms with E-state index in [0.717, 1.165) is 6.20 Å². The number of amides is 2. The van der Waals surface area contributed by atoms with Crippen LogP contribution in [-0.4, -0.2) is 41.6 Å². The van der Waals surface area contributed by atoms with Gasteiger partial charge >= 0.3 is 0 Å². The van der Waals surface area contributed by atoms with E-state index in [1.54, 1.807) is 24.3 Å². The Bertz CT molecular complexity index is 1450. The van der Waals surface area contributed by atoms with Gasteiger partial charge in [0.15, 0.2) is 17.2 Å². The Morgan fingerprint density at radius 1 is 1.18 bits per heavy atom. The second kappa shape index (κ2) is 11.1. The normalized spacial score (nSPS) is 22.4. The molecule has 2 heterocycles. The number of fused-ring (bicyclic) bond motifs is 1. The third-order valence-electron chi connectivity index (χ3n) is 7.67. The average molecular weight is 574 g/mol. The highest BCUT2D eigenvalue weighted by molar-refractivity contribution is 6.30. The van der Waals surface area contributed by atoms with Crippen molar-refractivity contribution in [3.8, 4) is 5.75 Å². The first kappa shape index (κ1) is 27.9. The molecule has 0 bridgehead atoms. The van der Waals surface area contributed by atoms with Crippen molar-refractivity contribution in [3.63, 3.8) is 0 Å². The van der Waals surface area contributed by atoms with Crippen molar-refractivity contribution in [1.82, 2.24) is 10.3 Å². The van der Waals surface area contributed by atoms with Gasteiger partial charge in [0, 0.05) is 29.9 Å². The highest BCUT2D eigenvalue weighted by Crippen LogP contribution is 2.46. The number of halogens is 4. The Balaban J connectivity index is 1.29. The van der Waals surface area contributed by atoms with Crippen LogP contribution in [0.3, 0.4) is 0 Å². The number of benzene rings is 2. The molecule has 0 spiro atoms. The van der Waals surface area contributed by atoms with E-state index in [-0.39, 0.29) is 46.0 Å². The molecule has 1 fully saturated rings. The largest absolute Gasteiger partial charge is 0.494 e. The molecule has 7 nitrogen and oxygen atoms in total. The van der Waals surface area contributed by atoms with Crippen LogP contribution >= 0.6 is 11.6 Å². The third-order valence-corrected chi connectivity index (χ3v) is 7.88. The van der Waals surface area contributed by atoms with Crippen LogP contribution in [0.2, 0.25) is 5.02 Å². The number of nitrogens with one attached hydrogen (secondary N) is 1. The highest BCUT2D eigenvalue weighted by Gasteiger charge is 2.53. The Kier molecular flexibility index (Phi) is 7.74. The predicted octanol–water partition coefficient (Wildman–Crippen LogP) is 5.39. The van der Waals surface area contributed by atoms with Gasteiger partial charge in [0.05, 0.1) is 23.4 Å². The van der Waals surface area contributed by atoms with E-state index in [1.165, 1.54) is 36.3 Å². The first-order valence-electron chi connectivity index (χ1n) is 12.9. The Labute approximate surface area is 233 Å². The molecular weight excluding hydrogens is 547 g/mol. The van der Waals surface area contributed by atoms with Crippen molar-refractivity contribution in [2.75, 3.05) is 18.6 Å². The van der Waals surface area contributed by atoms with Crippen molar-refractivity contribution in [2.45, 2.75) is 43.8 Å². The van der Waals surface area contributed by atoms with Gasteiger partial charge in [0.1, 0.15) is 5.69 Å². The van der Waals surface area contributed by atoms with Gasteiger partial charge in [-0.15, -0.1) is 0 Å². The van der Waals surface area contributed by atoms with E-state index in [2.05, 4.69) is 10.3 Å². The summed E-state index contributed by atoms with van der Waals surface area (Å²) in [5.74, 6) is -2.16. The number of para-hydroxylation sites is 1.